The second-order valence-corrected chi connectivity index (χ2v) is 23.4. The summed E-state index contributed by atoms with van der Waals surface area (Å²) in [5.74, 6) is 0.627. The molecule has 0 spiro atoms. The van der Waals surface area contributed by atoms with Gasteiger partial charge < -0.3 is 4.57 Å². The normalized spacial score (nSPS) is 15.3. The molecule has 2 heterocycles. The summed E-state index contributed by atoms with van der Waals surface area (Å²) >= 11 is 1.95. The fourth-order valence-electron chi connectivity index (χ4n) is 13.8. The van der Waals surface area contributed by atoms with Gasteiger partial charge in [-0.3, -0.25) is 4.99 Å². The maximum absolute atomic E-state index is 6.35. The molecular formula is C76H64N2S. The third-order valence-electron chi connectivity index (χ3n) is 17.9. The van der Waals surface area contributed by atoms with E-state index in [9.17, 15) is 0 Å². The maximum atomic E-state index is 6.35. The Morgan fingerprint density at radius 3 is 1.97 bits per heavy atom. The van der Waals surface area contributed by atoms with E-state index >= 15 is 0 Å². The summed E-state index contributed by atoms with van der Waals surface area (Å²) in [6.07, 6.45) is 3.92. The molecule has 0 fully saturated rings. The second kappa shape index (κ2) is 20.5. The van der Waals surface area contributed by atoms with Gasteiger partial charge in [-0.05, 0) is 145 Å². The minimum absolute atomic E-state index is 0.101. The van der Waals surface area contributed by atoms with Crippen LogP contribution < -0.4 is 0 Å². The van der Waals surface area contributed by atoms with Gasteiger partial charge in [0.15, 0.2) is 0 Å². The van der Waals surface area contributed by atoms with E-state index in [4.69, 9.17) is 4.99 Å². The summed E-state index contributed by atoms with van der Waals surface area (Å²) in [6, 6.07) is 89.0. The molecule has 4 unspecified atom stereocenters. The number of aromatic nitrogens is 1. The maximum Gasteiger partial charge on any atom is 0.0778 e. The first-order valence-electron chi connectivity index (χ1n) is 28.7. The van der Waals surface area contributed by atoms with Crippen LogP contribution in [0.5, 0.6) is 0 Å². The highest BCUT2D eigenvalue weighted by atomic mass is 32.1. The van der Waals surface area contributed by atoms with Gasteiger partial charge in [-0.15, -0.1) is 11.3 Å². The molecule has 11 aromatic carbocycles. The smallest absolute Gasteiger partial charge is 0.0778 e. The van der Waals surface area contributed by atoms with Gasteiger partial charge in [0.05, 0.1) is 17.1 Å². The van der Waals surface area contributed by atoms with Crippen molar-refractivity contribution in [2.24, 2.45) is 16.8 Å². The van der Waals surface area contributed by atoms with Crippen LogP contribution in [0.1, 0.15) is 98.2 Å². The topological polar surface area (TPSA) is 17.3 Å². The van der Waals surface area contributed by atoms with Gasteiger partial charge in [0.1, 0.15) is 0 Å². The molecule has 1 aliphatic rings. The van der Waals surface area contributed by atoms with Crippen LogP contribution in [-0.2, 0) is 6.42 Å². The van der Waals surface area contributed by atoms with Crippen molar-refractivity contribution >= 4 is 80.6 Å². The first-order chi connectivity index (χ1) is 38.9. The molecule has 79 heavy (non-hydrogen) atoms. The number of para-hydroxylation sites is 3. The molecule has 3 heteroatoms. The molecule has 0 aliphatic heterocycles. The Bertz CT molecular complexity index is 4450. The molecule has 1 aliphatic carbocycles. The molecule has 0 saturated carbocycles. The molecule has 384 valence electrons. The number of nitrogens with zero attached hydrogens (tertiary/aromatic N) is 2. The van der Waals surface area contributed by atoms with Gasteiger partial charge in [0.25, 0.3) is 0 Å². The number of benzene rings is 11. The fourth-order valence-corrected chi connectivity index (χ4v) is 15.0. The number of thiophene rings is 1. The summed E-state index contributed by atoms with van der Waals surface area (Å²) in [6.45, 7) is 9.66. The Hall–Kier alpha value is -8.37. The lowest BCUT2D eigenvalue weighted by molar-refractivity contribution is 0.453. The Labute approximate surface area is 468 Å². The van der Waals surface area contributed by atoms with E-state index in [-0.39, 0.29) is 29.7 Å². The van der Waals surface area contributed by atoms with E-state index in [1.54, 1.807) is 0 Å². The summed E-state index contributed by atoms with van der Waals surface area (Å²) in [5, 5.41) is 10.6. The summed E-state index contributed by atoms with van der Waals surface area (Å²) < 4.78 is 5.19. The molecule has 0 amide bonds. The first kappa shape index (κ1) is 49.0. The molecule has 14 rings (SSSR count). The summed E-state index contributed by atoms with van der Waals surface area (Å²) in [5.41, 5.74) is 18.2. The fraction of sp³-hybridized carbons (Fsp3) is 0.171. The molecule has 2 aromatic heterocycles. The largest absolute Gasteiger partial charge is 0.309 e. The molecular weight excluding hydrogens is 973 g/mol. The molecule has 5 atom stereocenters. The van der Waals surface area contributed by atoms with Crippen molar-refractivity contribution in [3.63, 3.8) is 0 Å². The number of aryl methyl sites for hydroxylation is 1. The van der Waals surface area contributed by atoms with Crippen molar-refractivity contribution in [1.82, 2.24) is 4.57 Å². The number of hydrogen-bond acceptors (Lipinski definition) is 2. The lowest BCUT2D eigenvalue weighted by Gasteiger charge is -2.30. The highest BCUT2D eigenvalue weighted by Gasteiger charge is 2.33. The minimum atomic E-state index is -0.102. The predicted molar refractivity (Wildman–Crippen MR) is 340 cm³/mol. The van der Waals surface area contributed by atoms with E-state index in [0.29, 0.717) is 0 Å². The zero-order valence-corrected chi connectivity index (χ0v) is 46.4. The lowest BCUT2D eigenvalue weighted by atomic mass is 9.78. The molecule has 2 nitrogen and oxygen atoms in total. The van der Waals surface area contributed by atoms with Gasteiger partial charge in [-0.2, -0.15) is 0 Å². The van der Waals surface area contributed by atoms with Gasteiger partial charge >= 0.3 is 0 Å². The highest BCUT2D eigenvalue weighted by molar-refractivity contribution is 7.25. The van der Waals surface area contributed by atoms with Crippen molar-refractivity contribution in [3.8, 4) is 27.9 Å². The Kier molecular flexibility index (Phi) is 12.7. The van der Waals surface area contributed by atoms with E-state index in [2.05, 4.69) is 269 Å². The second-order valence-electron chi connectivity index (χ2n) is 22.3. The average Bonchev–Trinajstić information content (AvgIpc) is 4.15. The Morgan fingerprint density at radius 1 is 0.544 bits per heavy atom. The molecule has 0 saturated heterocycles. The molecule has 13 aromatic rings. The van der Waals surface area contributed by atoms with Crippen LogP contribution in [0, 0.1) is 11.8 Å². The van der Waals surface area contributed by atoms with Crippen LogP contribution in [0.15, 0.2) is 242 Å². The average molecular weight is 1040 g/mol. The van der Waals surface area contributed by atoms with Crippen LogP contribution in [0.25, 0.3) is 91.5 Å². The Balaban J connectivity index is 0.992. The van der Waals surface area contributed by atoms with Gasteiger partial charge in [-0.1, -0.05) is 234 Å². The third kappa shape index (κ3) is 8.49. The SMILES string of the molecule is CCC(C)C(N=C(c1ccc(-c2ccccc2)cc1)[C@@H](CC)C(C)c1cccc2c3ccccc3n(-c3ccccc3)c12)c1cc(C2CCc3cc4ccccc4cc3-c3ccc4ccccc4c32)c2c(c1)sc1ccccc12. The van der Waals surface area contributed by atoms with Crippen LogP contribution >= 0.6 is 11.3 Å². The number of fused-ring (bicyclic) bond motifs is 12. The van der Waals surface area contributed by atoms with E-state index in [0.717, 1.165) is 25.7 Å². The van der Waals surface area contributed by atoms with Crippen LogP contribution in [0.2, 0.25) is 0 Å². The van der Waals surface area contributed by atoms with Crippen molar-refractivity contribution < 1.29 is 0 Å². The zero-order chi connectivity index (χ0) is 53.1. The van der Waals surface area contributed by atoms with Crippen LogP contribution in [0.4, 0.5) is 0 Å². The van der Waals surface area contributed by atoms with E-state index in [1.165, 1.54) is 131 Å². The van der Waals surface area contributed by atoms with E-state index < -0.39 is 0 Å². The van der Waals surface area contributed by atoms with Crippen molar-refractivity contribution in [2.75, 3.05) is 0 Å². The van der Waals surface area contributed by atoms with E-state index in [1.807, 2.05) is 11.3 Å². The molecule has 0 radical (unpaired) electrons. The highest BCUT2D eigenvalue weighted by Crippen LogP contribution is 2.51. The Morgan fingerprint density at radius 2 is 1.20 bits per heavy atom. The monoisotopic (exact) mass is 1040 g/mol. The molecule has 0 bridgehead atoms. The van der Waals surface area contributed by atoms with Crippen molar-refractivity contribution in [3.05, 3.63) is 270 Å². The number of rotatable bonds is 12. The minimum Gasteiger partial charge on any atom is -0.309 e. The first-order valence-corrected chi connectivity index (χ1v) is 29.6. The molecule has 0 N–H and O–H groups in total. The standard InChI is InChI=1S/C76H64N2S/c1-5-48(3)74(57-46-68(73-66-31-18-20-35-70(66)79-71(73)47-57)64-43-41-56-44-54-25-13-14-26-55(54)45-67(56)63-42-40-52-24-15-16-29-61(52)72(63)64)77-75(53-38-36-51(37-39-53)50-22-9-7-10-23-50)59(6-2)49(4)60-32-21-33-65-62-30-17-19-34-69(62)78(76(60)65)58-27-11-8-12-28-58/h7-40,42,44-49,59,64,74H,5-6,41,43H2,1-4H3/t48?,49?,59-,64?,74?/m0/s1. The number of hydrogen-bond donors (Lipinski definition) is 0. The lowest BCUT2D eigenvalue weighted by Crippen LogP contribution is -2.24. The van der Waals surface area contributed by atoms with Crippen molar-refractivity contribution in [2.45, 2.75) is 71.3 Å². The quantitative estimate of drug-likeness (QED) is 0.109. The van der Waals surface area contributed by atoms with Gasteiger partial charge in [-0.25, -0.2) is 0 Å². The van der Waals surface area contributed by atoms with Crippen LogP contribution in [0.3, 0.4) is 0 Å². The van der Waals surface area contributed by atoms with Gasteiger partial charge in [0.2, 0.25) is 0 Å². The summed E-state index contributed by atoms with van der Waals surface area (Å²) in [4.78, 5) is 6.35. The zero-order valence-electron chi connectivity index (χ0n) is 45.5. The van der Waals surface area contributed by atoms with Crippen LogP contribution in [-0.4, -0.2) is 10.3 Å². The van der Waals surface area contributed by atoms with Crippen molar-refractivity contribution in [1.29, 1.82) is 0 Å². The predicted octanol–water partition coefficient (Wildman–Crippen LogP) is 21.3. The van der Waals surface area contributed by atoms with Gasteiger partial charge in [0, 0.05) is 54.2 Å². The summed E-state index contributed by atoms with van der Waals surface area (Å²) in [7, 11) is 0. The third-order valence-corrected chi connectivity index (χ3v) is 19.0. The number of aliphatic imine (C=N–C) groups is 1.